The lowest BCUT2D eigenvalue weighted by atomic mass is 10.1. The van der Waals surface area contributed by atoms with Crippen LogP contribution < -0.4 is 4.90 Å². The molecule has 0 spiro atoms. The van der Waals surface area contributed by atoms with Gasteiger partial charge in [0.25, 0.3) is 6.40 Å². The van der Waals surface area contributed by atoms with Crippen molar-refractivity contribution in [2.24, 2.45) is 4.99 Å². The fourth-order valence-corrected chi connectivity index (χ4v) is 2.21. The molecule has 1 aliphatic heterocycles. The molecule has 0 aliphatic carbocycles. The van der Waals surface area contributed by atoms with Crippen molar-refractivity contribution in [3.63, 3.8) is 0 Å². The van der Waals surface area contributed by atoms with Crippen LogP contribution in [0.2, 0.25) is 0 Å². The van der Waals surface area contributed by atoms with Gasteiger partial charge in [0.1, 0.15) is 12.6 Å². The number of rotatable bonds is 3. The number of ether oxygens (including phenoxy) is 1. The number of hydrogen-bond donors (Lipinski definition) is 0. The van der Waals surface area contributed by atoms with E-state index in [0.29, 0.717) is 6.61 Å². The Kier molecular flexibility index (Phi) is 2.89. The second-order valence-corrected chi connectivity index (χ2v) is 4.60. The first kappa shape index (κ1) is 11.1. The number of hydrogen-bond acceptors (Lipinski definition) is 3. The lowest BCUT2D eigenvalue weighted by molar-refractivity contribution is 0.329. The van der Waals surface area contributed by atoms with E-state index >= 15 is 0 Å². The maximum absolute atomic E-state index is 5.02. The van der Waals surface area contributed by atoms with Crippen molar-refractivity contribution in [2.75, 3.05) is 25.1 Å². The molecule has 0 bridgehead atoms. The predicted molar refractivity (Wildman–Crippen MR) is 74.4 cm³/mol. The summed E-state index contributed by atoms with van der Waals surface area (Å²) in [5.74, 6) is 0. The standard InChI is InChI=1S/C15H15N2O/c1-17(9-14-10-18-11-16-14)15-7-6-12-4-2-3-5-13(12)8-15/h2-8,14H,9-10H2,1H3. The second kappa shape index (κ2) is 4.69. The van der Waals surface area contributed by atoms with E-state index in [4.69, 9.17) is 4.74 Å². The van der Waals surface area contributed by atoms with Gasteiger partial charge in [-0.15, -0.1) is 0 Å². The zero-order valence-electron chi connectivity index (χ0n) is 10.3. The van der Waals surface area contributed by atoms with E-state index < -0.39 is 0 Å². The van der Waals surface area contributed by atoms with Crippen LogP contribution >= 0.6 is 0 Å². The molecular weight excluding hydrogens is 224 g/mol. The Balaban J connectivity index is 1.82. The zero-order valence-corrected chi connectivity index (χ0v) is 10.3. The Labute approximate surface area is 107 Å². The fraction of sp³-hybridized carbons (Fsp3) is 0.267. The van der Waals surface area contributed by atoms with Crippen molar-refractivity contribution in [1.29, 1.82) is 0 Å². The Morgan fingerprint density at radius 2 is 2.11 bits per heavy atom. The summed E-state index contributed by atoms with van der Waals surface area (Å²) in [6, 6.07) is 15.1. The molecule has 2 aromatic carbocycles. The molecule has 1 aliphatic rings. The summed E-state index contributed by atoms with van der Waals surface area (Å²) in [5.41, 5.74) is 1.20. The van der Waals surface area contributed by atoms with Gasteiger partial charge in [-0.25, -0.2) is 4.99 Å². The van der Waals surface area contributed by atoms with Gasteiger partial charge in [0.2, 0.25) is 0 Å². The van der Waals surface area contributed by atoms with Crippen LogP contribution in [-0.2, 0) is 4.74 Å². The number of aliphatic imine (C=N–C) groups is 1. The van der Waals surface area contributed by atoms with Crippen LogP contribution in [0.1, 0.15) is 0 Å². The molecule has 3 rings (SSSR count). The monoisotopic (exact) mass is 239 g/mol. The molecule has 0 saturated carbocycles. The molecule has 1 atom stereocenters. The van der Waals surface area contributed by atoms with Crippen LogP contribution in [-0.4, -0.2) is 32.6 Å². The molecule has 0 fully saturated rings. The van der Waals surface area contributed by atoms with Crippen molar-refractivity contribution in [2.45, 2.75) is 6.04 Å². The summed E-state index contributed by atoms with van der Waals surface area (Å²) in [6.45, 7) is 1.49. The van der Waals surface area contributed by atoms with Crippen molar-refractivity contribution < 1.29 is 4.74 Å². The van der Waals surface area contributed by atoms with E-state index in [9.17, 15) is 0 Å². The highest BCUT2D eigenvalue weighted by atomic mass is 16.5. The number of likely N-dealkylation sites (N-methyl/N-ethyl adjacent to an activating group) is 1. The summed E-state index contributed by atoms with van der Waals surface area (Å²) in [5, 5.41) is 2.53. The lowest BCUT2D eigenvalue weighted by Crippen LogP contribution is -2.28. The van der Waals surface area contributed by atoms with Crippen LogP contribution in [0.15, 0.2) is 47.5 Å². The Bertz CT molecular complexity index is 579. The largest absolute Gasteiger partial charge is 0.472 e. The minimum atomic E-state index is 0.196. The number of anilines is 1. The van der Waals surface area contributed by atoms with Crippen LogP contribution in [0.4, 0.5) is 5.69 Å². The molecule has 3 nitrogen and oxygen atoms in total. The number of fused-ring (bicyclic) bond motifs is 1. The van der Waals surface area contributed by atoms with E-state index in [-0.39, 0.29) is 6.04 Å². The molecule has 2 aromatic rings. The molecular formula is C15H15N2O. The Hall–Kier alpha value is -2.03. The highest BCUT2D eigenvalue weighted by molar-refractivity contribution is 5.85. The average molecular weight is 239 g/mol. The third-order valence-electron chi connectivity index (χ3n) is 3.23. The fourth-order valence-electron chi connectivity index (χ4n) is 2.21. The van der Waals surface area contributed by atoms with Gasteiger partial charge in [-0.2, -0.15) is 0 Å². The quantitative estimate of drug-likeness (QED) is 0.822. The minimum Gasteiger partial charge on any atom is -0.472 e. The van der Waals surface area contributed by atoms with Gasteiger partial charge < -0.3 is 9.64 Å². The van der Waals surface area contributed by atoms with Gasteiger partial charge >= 0.3 is 0 Å². The molecule has 18 heavy (non-hydrogen) atoms. The first-order valence-corrected chi connectivity index (χ1v) is 6.09. The smallest absolute Gasteiger partial charge is 0.273 e. The van der Waals surface area contributed by atoms with Crippen molar-refractivity contribution in [3.8, 4) is 0 Å². The van der Waals surface area contributed by atoms with E-state index in [1.165, 1.54) is 16.5 Å². The van der Waals surface area contributed by atoms with E-state index in [2.05, 4.69) is 65.8 Å². The van der Waals surface area contributed by atoms with Crippen molar-refractivity contribution in [1.82, 2.24) is 0 Å². The number of benzene rings is 2. The summed E-state index contributed by atoms with van der Waals surface area (Å²) in [7, 11) is 2.08. The third kappa shape index (κ3) is 2.16. The van der Waals surface area contributed by atoms with Gasteiger partial charge in [-0.05, 0) is 22.9 Å². The summed E-state index contributed by atoms with van der Waals surface area (Å²) in [6.07, 6.45) is 2.56. The summed E-state index contributed by atoms with van der Waals surface area (Å²) in [4.78, 5) is 6.35. The molecule has 0 aromatic heterocycles. The molecule has 3 heteroatoms. The first-order valence-electron chi connectivity index (χ1n) is 6.09. The Morgan fingerprint density at radius 3 is 2.89 bits per heavy atom. The molecule has 1 heterocycles. The van der Waals surface area contributed by atoms with Crippen molar-refractivity contribution in [3.05, 3.63) is 42.5 Å². The van der Waals surface area contributed by atoms with E-state index in [0.717, 1.165) is 6.54 Å². The topological polar surface area (TPSA) is 24.8 Å². The maximum atomic E-state index is 5.02. The van der Waals surface area contributed by atoms with E-state index in [1.54, 1.807) is 0 Å². The van der Waals surface area contributed by atoms with Crippen LogP contribution in [0, 0.1) is 0 Å². The predicted octanol–water partition coefficient (Wildman–Crippen LogP) is 2.58. The summed E-state index contributed by atoms with van der Waals surface area (Å²) >= 11 is 0. The highest BCUT2D eigenvalue weighted by Gasteiger charge is 2.15. The van der Waals surface area contributed by atoms with Gasteiger partial charge in [-0.1, -0.05) is 30.3 Å². The second-order valence-electron chi connectivity index (χ2n) is 4.60. The van der Waals surface area contributed by atoms with Gasteiger partial charge in [0.05, 0.1) is 0 Å². The minimum absolute atomic E-state index is 0.196. The van der Waals surface area contributed by atoms with Crippen LogP contribution in [0.5, 0.6) is 0 Å². The highest BCUT2D eigenvalue weighted by Crippen LogP contribution is 2.21. The molecule has 1 unspecified atom stereocenters. The molecule has 0 amide bonds. The molecule has 0 saturated heterocycles. The molecule has 91 valence electrons. The third-order valence-corrected chi connectivity index (χ3v) is 3.23. The Morgan fingerprint density at radius 1 is 1.28 bits per heavy atom. The average Bonchev–Trinajstić information content (AvgIpc) is 2.91. The normalized spacial score (nSPS) is 17.9. The summed E-state index contributed by atoms with van der Waals surface area (Å²) < 4.78 is 5.02. The maximum Gasteiger partial charge on any atom is 0.273 e. The SMILES string of the molecule is CN(CC1CO[C]=N1)c1ccc2ccccc2c1. The lowest BCUT2D eigenvalue weighted by Gasteiger charge is -2.21. The van der Waals surface area contributed by atoms with Crippen LogP contribution in [0.25, 0.3) is 10.8 Å². The van der Waals surface area contributed by atoms with Crippen molar-refractivity contribution >= 4 is 22.9 Å². The van der Waals surface area contributed by atoms with Gasteiger partial charge in [-0.3, -0.25) is 0 Å². The molecule has 0 N–H and O–H groups in total. The molecule has 1 radical (unpaired) electrons. The number of nitrogens with zero attached hydrogens (tertiary/aromatic N) is 2. The van der Waals surface area contributed by atoms with Gasteiger partial charge in [0, 0.05) is 19.3 Å². The van der Waals surface area contributed by atoms with E-state index in [1.807, 2.05) is 0 Å². The van der Waals surface area contributed by atoms with Gasteiger partial charge in [0.15, 0.2) is 0 Å². The first-order chi connectivity index (χ1) is 8.83. The zero-order chi connectivity index (χ0) is 12.4. The van der Waals surface area contributed by atoms with Crippen LogP contribution in [0.3, 0.4) is 0 Å².